The number of anilines is 1. The van der Waals surface area contributed by atoms with Gasteiger partial charge in [-0.3, -0.25) is 4.79 Å². The second-order valence-electron chi connectivity index (χ2n) is 11.3. The van der Waals surface area contributed by atoms with E-state index in [0.717, 1.165) is 57.8 Å². The van der Waals surface area contributed by atoms with Crippen molar-refractivity contribution in [3.05, 3.63) is 34.5 Å². The van der Waals surface area contributed by atoms with Crippen LogP contribution in [0, 0.1) is 23.2 Å². The molecule has 2 aromatic rings. The van der Waals surface area contributed by atoms with E-state index in [-0.39, 0.29) is 28.2 Å². The van der Waals surface area contributed by atoms with E-state index in [2.05, 4.69) is 21.8 Å². The summed E-state index contributed by atoms with van der Waals surface area (Å²) in [6, 6.07) is 1.83. The molecule has 2 aliphatic rings. The zero-order valence-electron chi connectivity index (χ0n) is 22.2. The fourth-order valence-corrected chi connectivity index (χ4v) is 6.80. The van der Waals surface area contributed by atoms with Crippen LogP contribution in [-0.2, 0) is 4.79 Å². The zero-order chi connectivity index (χ0) is 26.6. The number of carboxylic acids is 1. The third kappa shape index (κ3) is 6.32. The molecule has 0 aliphatic heterocycles. The van der Waals surface area contributed by atoms with Gasteiger partial charge in [0.15, 0.2) is 5.75 Å². The summed E-state index contributed by atoms with van der Waals surface area (Å²) in [5, 5.41) is 10.1. The Morgan fingerprint density at radius 3 is 2.32 bits per heavy atom. The lowest BCUT2D eigenvalue weighted by Gasteiger charge is -2.52. The Labute approximate surface area is 223 Å². The van der Waals surface area contributed by atoms with Gasteiger partial charge < -0.3 is 14.7 Å². The van der Waals surface area contributed by atoms with Crippen LogP contribution < -0.4 is 9.64 Å². The van der Waals surface area contributed by atoms with E-state index in [1.807, 2.05) is 31.7 Å². The minimum absolute atomic E-state index is 0.0867. The lowest BCUT2D eigenvalue weighted by molar-refractivity contribution is -0.118. The Kier molecular flexibility index (Phi) is 8.23. The second-order valence-corrected chi connectivity index (χ2v) is 12.4. The molecule has 0 saturated heterocycles. The van der Waals surface area contributed by atoms with Gasteiger partial charge in [-0.25, -0.2) is 14.8 Å². The number of rotatable bonds is 6. The minimum Gasteiger partial charge on any atom is -0.487 e. The molecule has 8 heteroatoms. The van der Waals surface area contributed by atoms with Crippen molar-refractivity contribution in [1.82, 2.24) is 9.97 Å². The number of ether oxygens (including phenoxy) is 1. The van der Waals surface area contributed by atoms with E-state index >= 15 is 0 Å². The van der Waals surface area contributed by atoms with Crippen molar-refractivity contribution in [3.8, 4) is 17.6 Å². The Bertz CT molecular complexity index is 1160. The van der Waals surface area contributed by atoms with Gasteiger partial charge in [0.25, 0.3) is 0 Å². The minimum atomic E-state index is -1.01. The van der Waals surface area contributed by atoms with Gasteiger partial charge in [0, 0.05) is 12.3 Å². The van der Waals surface area contributed by atoms with E-state index in [0.29, 0.717) is 16.3 Å². The van der Waals surface area contributed by atoms with Crippen LogP contribution in [0.2, 0.25) is 0 Å². The SMILES string of the molecule is CC(=O)N(c1cc(C#CC(C)(C)C)sc1C(=O)O)C1(C2CCC(Oc3cncnc3)CC2)CCCCC1. The van der Waals surface area contributed by atoms with Crippen LogP contribution in [-0.4, -0.2) is 38.6 Å². The van der Waals surface area contributed by atoms with E-state index in [9.17, 15) is 14.7 Å². The highest BCUT2D eigenvalue weighted by Crippen LogP contribution is 2.49. The van der Waals surface area contributed by atoms with Gasteiger partial charge in [0.05, 0.1) is 34.6 Å². The van der Waals surface area contributed by atoms with Gasteiger partial charge in [0.2, 0.25) is 5.91 Å². The first-order valence-corrected chi connectivity index (χ1v) is 14.0. The van der Waals surface area contributed by atoms with Crippen LogP contribution >= 0.6 is 11.3 Å². The van der Waals surface area contributed by atoms with Crippen molar-refractivity contribution < 1.29 is 19.4 Å². The molecule has 0 bridgehead atoms. The fraction of sp³-hybridized carbons (Fsp3) is 0.586. The van der Waals surface area contributed by atoms with Gasteiger partial charge in [-0.2, -0.15) is 0 Å². The summed E-state index contributed by atoms with van der Waals surface area (Å²) in [7, 11) is 0. The number of hydrogen-bond acceptors (Lipinski definition) is 6. The number of amides is 1. The van der Waals surface area contributed by atoms with Crippen molar-refractivity contribution in [2.24, 2.45) is 11.3 Å². The van der Waals surface area contributed by atoms with Crippen molar-refractivity contribution in [2.75, 3.05) is 4.90 Å². The van der Waals surface area contributed by atoms with E-state index in [1.54, 1.807) is 19.3 Å². The van der Waals surface area contributed by atoms with Crippen LogP contribution in [0.1, 0.15) is 100 Å². The average molecular weight is 524 g/mol. The summed E-state index contributed by atoms with van der Waals surface area (Å²) >= 11 is 1.17. The van der Waals surface area contributed by atoms with Crippen molar-refractivity contribution in [3.63, 3.8) is 0 Å². The third-order valence-electron chi connectivity index (χ3n) is 7.46. The quantitative estimate of drug-likeness (QED) is 0.445. The molecule has 2 aromatic heterocycles. The molecular formula is C29H37N3O4S. The number of aromatic nitrogens is 2. The second kappa shape index (κ2) is 11.2. The average Bonchev–Trinajstić information content (AvgIpc) is 3.28. The summed E-state index contributed by atoms with van der Waals surface area (Å²) in [4.78, 5) is 36.5. The third-order valence-corrected chi connectivity index (χ3v) is 8.49. The molecule has 198 valence electrons. The first-order valence-electron chi connectivity index (χ1n) is 13.2. The number of aromatic carboxylic acids is 1. The maximum atomic E-state index is 13.4. The highest BCUT2D eigenvalue weighted by molar-refractivity contribution is 7.15. The number of thiophene rings is 1. The van der Waals surface area contributed by atoms with Crippen molar-refractivity contribution >= 4 is 28.9 Å². The summed E-state index contributed by atoms with van der Waals surface area (Å²) in [6.07, 6.45) is 13.5. The van der Waals surface area contributed by atoms with Crippen LogP contribution in [0.3, 0.4) is 0 Å². The lowest BCUT2D eigenvalue weighted by Crippen LogP contribution is -2.58. The van der Waals surface area contributed by atoms with Gasteiger partial charge in [-0.1, -0.05) is 31.1 Å². The van der Waals surface area contributed by atoms with Crippen molar-refractivity contribution in [2.45, 2.75) is 97.1 Å². The number of carboxylic acid groups (broad SMARTS) is 1. The monoisotopic (exact) mass is 523 g/mol. The Balaban J connectivity index is 1.66. The van der Waals surface area contributed by atoms with Crippen LogP contribution in [0.5, 0.6) is 5.75 Å². The maximum absolute atomic E-state index is 13.4. The fourth-order valence-electron chi connectivity index (χ4n) is 5.97. The zero-order valence-corrected chi connectivity index (χ0v) is 23.1. The first kappa shape index (κ1) is 27.1. The molecule has 0 radical (unpaired) electrons. The Hall–Kier alpha value is -2.92. The highest BCUT2D eigenvalue weighted by atomic mass is 32.1. The molecule has 1 N–H and O–H groups in total. The molecule has 1 amide bonds. The number of nitrogens with zero attached hydrogens (tertiary/aromatic N) is 3. The molecule has 2 saturated carbocycles. The molecule has 37 heavy (non-hydrogen) atoms. The molecule has 7 nitrogen and oxygen atoms in total. The van der Waals surface area contributed by atoms with Gasteiger partial charge in [0.1, 0.15) is 11.2 Å². The predicted molar refractivity (Wildman–Crippen MR) is 145 cm³/mol. The smallest absolute Gasteiger partial charge is 0.348 e. The van der Waals surface area contributed by atoms with Gasteiger partial charge in [-0.05, 0) is 71.3 Å². The molecule has 2 fully saturated rings. The molecule has 0 spiro atoms. The maximum Gasteiger partial charge on any atom is 0.348 e. The molecule has 4 rings (SSSR count). The topological polar surface area (TPSA) is 92.6 Å². The largest absolute Gasteiger partial charge is 0.487 e. The predicted octanol–water partition coefficient (Wildman–Crippen LogP) is 6.33. The first-order chi connectivity index (χ1) is 17.6. The summed E-state index contributed by atoms with van der Waals surface area (Å²) in [5.74, 6) is 6.20. The molecular weight excluding hydrogens is 486 g/mol. The standard InChI is InChI=1S/C29H37N3O4S/c1-20(33)32(25-16-24(12-15-28(2,3)4)37-26(25)27(34)35)29(13-6-5-7-14-29)21-8-10-22(11-9-21)36-23-17-30-19-31-18-23/h16-19,21-22H,5-11,13-14H2,1-4H3,(H,34,35). The van der Waals surface area contributed by atoms with E-state index < -0.39 is 11.5 Å². The normalized spacial score (nSPS) is 21.4. The molecule has 0 aromatic carbocycles. The molecule has 0 unspecified atom stereocenters. The van der Waals surface area contributed by atoms with Crippen molar-refractivity contribution in [1.29, 1.82) is 0 Å². The van der Waals surface area contributed by atoms with Gasteiger partial charge in [-0.15, -0.1) is 11.3 Å². The highest BCUT2D eigenvalue weighted by Gasteiger charge is 2.48. The summed E-state index contributed by atoms with van der Waals surface area (Å²) in [5.41, 5.74) is -0.0967. The number of carbonyl (C=O) groups is 2. The molecule has 2 aliphatic carbocycles. The van der Waals surface area contributed by atoms with E-state index in [1.165, 1.54) is 17.7 Å². The summed E-state index contributed by atoms with van der Waals surface area (Å²) in [6.45, 7) is 7.65. The number of carbonyl (C=O) groups excluding carboxylic acids is 1. The molecule has 2 heterocycles. The van der Waals surface area contributed by atoms with Crippen LogP contribution in [0.4, 0.5) is 5.69 Å². The van der Waals surface area contributed by atoms with Crippen LogP contribution in [0.15, 0.2) is 24.8 Å². The Morgan fingerprint density at radius 2 is 1.76 bits per heavy atom. The number of hydrogen-bond donors (Lipinski definition) is 1. The van der Waals surface area contributed by atoms with Crippen LogP contribution in [0.25, 0.3) is 0 Å². The Morgan fingerprint density at radius 1 is 1.11 bits per heavy atom. The van der Waals surface area contributed by atoms with E-state index in [4.69, 9.17) is 4.74 Å². The summed E-state index contributed by atoms with van der Waals surface area (Å²) < 4.78 is 6.13. The molecule has 0 atom stereocenters. The van der Waals surface area contributed by atoms with Gasteiger partial charge >= 0.3 is 5.97 Å². The lowest BCUT2D eigenvalue weighted by atomic mass is 9.66.